The van der Waals surface area contributed by atoms with Gasteiger partial charge in [0, 0.05) is 30.0 Å². The van der Waals surface area contributed by atoms with Crippen molar-refractivity contribution in [3.63, 3.8) is 0 Å². The molecule has 0 bridgehead atoms. The van der Waals surface area contributed by atoms with E-state index in [1.165, 1.54) is 6.07 Å². The molecule has 0 amide bonds. The Labute approximate surface area is 110 Å². The monoisotopic (exact) mass is 254 g/mol. The Morgan fingerprint density at radius 3 is 2.37 bits per heavy atom. The molecule has 0 saturated carbocycles. The molecule has 0 N–H and O–H groups in total. The fraction of sp³-hybridized carbons (Fsp3) is 0.0667. The average Bonchev–Trinajstić information content (AvgIpc) is 2.46. The molecule has 0 aliphatic carbocycles. The summed E-state index contributed by atoms with van der Waals surface area (Å²) in [6, 6.07) is 15.3. The molecule has 0 atom stereocenters. The van der Waals surface area contributed by atoms with Crippen LogP contribution in [0.25, 0.3) is 0 Å². The van der Waals surface area contributed by atoms with Crippen molar-refractivity contribution in [2.75, 3.05) is 0 Å². The van der Waals surface area contributed by atoms with Crippen LogP contribution in [0.3, 0.4) is 0 Å². The highest BCUT2D eigenvalue weighted by Crippen LogP contribution is 2.21. The predicted octanol–water partition coefficient (Wildman–Crippen LogP) is 3.42. The third-order valence-electron chi connectivity index (χ3n) is 2.74. The van der Waals surface area contributed by atoms with Crippen LogP contribution in [-0.2, 0) is 0 Å². The van der Waals surface area contributed by atoms with Crippen molar-refractivity contribution in [1.82, 2.24) is 0 Å². The van der Waals surface area contributed by atoms with Gasteiger partial charge in [-0.05, 0) is 0 Å². The van der Waals surface area contributed by atoms with Crippen molar-refractivity contribution in [3.05, 3.63) is 82.3 Å². The maximum atomic E-state index is 11.9. The third-order valence-corrected chi connectivity index (χ3v) is 2.74. The summed E-state index contributed by atoms with van der Waals surface area (Å²) in [5.74, 6) is -0.0567. The standard InChI is InChI=1S/C15H12NO3/c17-15(13-7-2-1-3-8-13)11-10-12-6-4-5-9-14(12)16(18)19/h1-10H,11H2. The number of hydrogen-bond acceptors (Lipinski definition) is 3. The molecule has 0 spiro atoms. The lowest BCUT2D eigenvalue weighted by Gasteiger charge is -2.02. The molecule has 0 unspecified atom stereocenters. The first-order chi connectivity index (χ1) is 9.18. The van der Waals surface area contributed by atoms with Gasteiger partial charge in [0.15, 0.2) is 5.78 Å². The highest BCUT2D eigenvalue weighted by molar-refractivity contribution is 5.97. The van der Waals surface area contributed by atoms with Gasteiger partial charge in [-0.3, -0.25) is 14.9 Å². The van der Waals surface area contributed by atoms with Crippen molar-refractivity contribution >= 4 is 11.5 Å². The highest BCUT2D eigenvalue weighted by atomic mass is 16.6. The van der Waals surface area contributed by atoms with Crippen molar-refractivity contribution in [3.8, 4) is 0 Å². The zero-order valence-corrected chi connectivity index (χ0v) is 10.2. The minimum absolute atomic E-state index is 0.0170. The Morgan fingerprint density at radius 2 is 1.68 bits per heavy atom. The van der Waals surface area contributed by atoms with Gasteiger partial charge >= 0.3 is 0 Å². The minimum atomic E-state index is -0.446. The largest absolute Gasteiger partial charge is 0.294 e. The zero-order chi connectivity index (χ0) is 13.7. The second kappa shape index (κ2) is 5.91. The van der Waals surface area contributed by atoms with Crippen molar-refractivity contribution in [1.29, 1.82) is 0 Å². The minimum Gasteiger partial charge on any atom is -0.294 e. The molecule has 2 aromatic carbocycles. The first kappa shape index (κ1) is 13.0. The molecule has 2 rings (SSSR count). The van der Waals surface area contributed by atoms with Gasteiger partial charge in [0.25, 0.3) is 5.69 Å². The maximum absolute atomic E-state index is 11.9. The van der Waals surface area contributed by atoms with E-state index in [9.17, 15) is 14.9 Å². The van der Waals surface area contributed by atoms with Gasteiger partial charge in [0.1, 0.15) is 0 Å². The third kappa shape index (κ3) is 3.25. The molecule has 0 aliphatic rings. The molecule has 4 heteroatoms. The topological polar surface area (TPSA) is 60.2 Å². The number of rotatable bonds is 5. The van der Waals surface area contributed by atoms with Gasteiger partial charge in [0.05, 0.1) is 4.92 Å². The van der Waals surface area contributed by atoms with E-state index in [0.717, 1.165) is 0 Å². The number of carbonyl (C=O) groups is 1. The molecule has 1 radical (unpaired) electrons. The normalized spacial score (nSPS) is 10.1. The summed E-state index contributed by atoms with van der Waals surface area (Å²) >= 11 is 0. The quantitative estimate of drug-likeness (QED) is 0.466. The van der Waals surface area contributed by atoms with Crippen LogP contribution in [0.1, 0.15) is 22.3 Å². The smallest absolute Gasteiger partial charge is 0.272 e. The first-order valence-electron chi connectivity index (χ1n) is 5.83. The van der Waals surface area contributed by atoms with Gasteiger partial charge < -0.3 is 0 Å². The highest BCUT2D eigenvalue weighted by Gasteiger charge is 2.14. The number of benzene rings is 2. The average molecular weight is 254 g/mol. The molecule has 0 aliphatic heterocycles. The Hall–Kier alpha value is -2.49. The Balaban J connectivity index is 2.07. The van der Waals surface area contributed by atoms with E-state index in [-0.39, 0.29) is 17.9 Å². The van der Waals surface area contributed by atoms with E-state index >= 15 is 0 Å². The van der Waals surface area contributed by atoms with E-state index in [1.807, 2.05) is 6.07 Å². The molecule has 4 nitrogen and oxygen atoms in total. The molecule has 0 aromatic heterocycles. The van der Waals surface area contributed by atoms with Crippen LogP contribution in [0.5, 0.6) is 0 Å². The number of carbonyl (C=O) groups excluding carboxylic acids is 1. The molecule has 19 heavy (non-hydrogen) atoms. The van der Waals surface area contributed by atoms with Gasteiger partial charge in [-0.15, -0.1) is 0 Å². The van der Waals surface area contributed by atoms with Gasteiger partial charge in [-0.2, -0.15) is 0 Å². The predicted molar refractivity (Wildman–Crippen MR) is 71.9 cm³/mol. The van der Waals surface area contributed by atoms with Crippen LogP contribution in [0.2, 0.25) is 0 Å². The SMILES string of the molecule is O=C(C[CH]c1ccccc1[N+](=O)[O-])c1ccccc1. The number of nitro groups is 1. The van der Waals surface area contributed by atoms with Crippen molar-refractivity contribution in [2.24, 2.45) is 0 Å². The van der Waals surface area contributed by atoms with Gasteiger partial charge in [-0.25, -0.2) is 0 Å². The van der Waals surface area contributed by atoms with E-state index in [2.05, 4.69) is 0 Å². The number of nitro benzene ring substituents is 1. The molecular weight excluding hydrogens is 242 g/mol. The molecule has 0 saturated heterocycles. The lowest BCUT2D eigenvalue weighted by atomic mass is 10.0. The fourth-order valence-corrected chi connectivity index (χ4v) is 1.77. The summed E-state index contributed by atoms with van der Waals surface area (Å²) in [5, 5.41) is 10.8. The van der Waals surface area contributed by atoms with Crippen molar-refractivity contribution < 1.29 is 9.72 Å². The first-order valence-corrected chi connectivity index (χ1v) is 5.83. The summed E-state index contributed by atoms with van der Waals surface area (Å²) in [4.78, 5) is 22.3. The molecule has 0 heterocycles. The second-order valence-corrected chi connectivity index (χ2v) is 4.01. The number of para-hydroxylation sites is 1. The summed E-state index contributed by atoms with van der Waals surface area (Å²) in [7, 11) is 0. The lowest BCUT2D eigenvalue weighted by Crippen LogP contribution is -2.01. The van der Waals surface area contributed by atoms with E-state index < -0.39 is 4.92 Å². The summed E-state index contributed by atoms with van der Waals surface area (Å²) in [6.07, 6.45) is 1.74. The summed E-state index contributed by atoms with van der Waals surface area (Å²) in [6.45, 7) is 0. The Bertz CT molecular complexity index is 593. The Kier molecular flexibility index (Phi) is 4.03. The number of ketones is 1. The van der Waals surface area contributed by atoms with Crippen LogP contribution >= 0.6 is 0 Å². The van der Waals surface area contributed by atoms with Gasteiger partial charge in [-0.1, -0.05) is 48.5 Å². The van der Waals surface area contributed by atoms with Crippen molar-refractivity contribution in [2.45, 2.75) is 6.42 Å². The summed E-state index contributed by atoms with van der Waals surface area (Å²) < 4.78 is 0. The van der Waals surface area contributed by atoms with Crippen LogP contribution < -0.4 is 0 Å². The maximum Gasteiger partial charge on any atom is 0.272 e. The molecular formula is C15H12NO3. The van der Waals surface area contributed by atoms with Gasteiger partial charge in [0.2, 0.25) is 0 Å². The Morgan fingerprint density at radius 1 is 1.05 bits per heavy atom. The zero-order valence-electron chi connectivity index (χ0n) is 10.2. The van der Waals surface area contributed by atoms with Crippen LogP contribution in [0.4, 0.5) is 5.69 Å². The number of Topliss-reactive ketones (excluding diaryl/α,β-unsaturated/α-hetero) is 1. The number of nitrogens with zero attached hydrogens (tertiary/aromatic N) is 1. The molecule has 2 aromatic rings. The van der Waals surface area contributed by atoms with E-state index in [4.69, 9.17) is 0 Å². The molecule has 95 valence electrons. The van der Waals surface area contributed by atoms with E-state index in [1.54, 1.807) is 48.9 Å². The van der Waals surface area contributed by atoms with Crippen LogP contribution in [0.15, 0.2) is 54.6 Å². The van der Waals surface area contributed by atoms with E-state index in [0.29, 0.717) is 11.1 Å². The van der Waals surface area contributed by atoms with Crippen LogP contribution in [-0.4, -0.2) is 10.7 Å². The summed E-state index contributed by atoms with van der Waals surface area (Å²) in [5.41, 5.74) is 1.09. The lowest BCUT2D eigenvalue weighted by molar-refractivity contribution is -0.385. The fourth-order valence-electron chi connectivity index (χ4n) is 1.77. The molecule has 0 fully saturated rings. The number of hydrogen-bond donors (Lipinski definition) is 0. The van der Waals surface area contributed by atoms with Crippen LogP contribution in [0, 0.1) is 16.5 Å². The second-order valence-electron chi connectivity index (χ2n) is 4.01.